The number of fused-ring (bicyclic) bond motifs is 2. The molecule has 1 aromatic heterocycles. The molecule has 0 bridgehead atoms. The molecule has 4 nitrogen and oxygen atoms in total. The average Bonchev–Trinajstić information content (AvgIpc) is 2.70. The smallest absolute Gasteiger partial charge is 0.310 e. The highest BCUT2D eigenvalue weighted by molar-refractivity contribution is 6.09. The van der Waals surface area contributed by atoms with Crippen molar-refractivity contribution in [3.63, 3.8) is 0 Å². The monoisotopic (exact) mass is 370 g/mol. The molecule has 1 atom stereocenters. The molecule has 4 aromatic rings. The molecule has 0 aliphatic heterocycles. The molecular weight excluding hydrogens is 348 g/mol. The Morgan fingerprint density at radius 2 is 1.71 bits per heavy atom. The van der Waals surface area contributed by atoms with Gasteiger partial charge >= 0.3 is 5.97 Å². The van der Waals surface area contributed by atoms with E-state index in [9.17, 15) is 9.90 Å². The third-order valence-electron chi connectivity index (χ3n) is 5.20. The van der Waals surface area contributed by atoms with Gasteiger partial charge in [-0.15, -0.1) is 0 Å². The van der Waals surface area contributed by atoms with E-state index in [1.807, 2.05) is 55.5 Å². The minimum absolute atomic E-state index is 0.473. The number of aliphatic carboxylic acids is 1. The van der Waals surface area contributed by atoms with Gasteiger partial charge in [0.05, 0.1) is 22.6 Å². The SMILES string of the molecule is CCC(C(=O)O)c1ccc(Nc2c3ccccc3nc3c(C)cccc23)cc1. The standard InChI is InChI=1S/C24H22N2O2/c1-3-18(24(27)28)16-11-13-17(14-12-16)25-23-19-8-4-5-10-21(19)26-22-15(2)7-6-9-20(22)23/h4-14,18H,3H2,1-2H3,(H,25,26)(H,27,28). The van der Waals surface area contributed by atoms with Crippen molar-refractivity contribution in [2.45, 2.75) is 26.2 Å². The highest BCUT2D eigenvalue weighted by atomic mass is 16.4. The van der Waals surface area contributed by atoms with Crippen LogP contribution in [0.2, 0.25) is 0 Å². The Morgan fingerprint density at radius 3 is 2.43 bits per heavy atom. The van der Waals surface area contributed by atoms with Crippen molar-refractivity contribution in [3.05, 3.63) is 77.9 Å². The van der Waals surface area contributed by atoms with E-state index in [-0.39, 0.29) is 0 Å². The summed E-state index contributed by atoms with van der Waals surface area (Å²) in [6, 6.07) is 22.0. The van der Waals surface area contributed by atoms with E-state index in [2.05, 4.69) is 30.4 Å². The second-order valence-corrected chi connectivity index (χ2v) is 7.02. The van der Waals surface area contributed by atoms with Crippen LogP contribution in [0.15, 0.2) is 66.7 Å². The molecule has 28 heavy (non-hydrogen) atoms. The summed E-state index contributed by atoms with van der Waals surface area (Å²) in [5.74, 6) is -1.26. The van der Waals surface area contributed by atoms with Gasteiger partial charge < -0.3 is 10.4 Å². The summed E-state index contributed by atoms with van der Waals surface area (Å²) >= 11 is 0. The Balaban J connectivity index is 1.81. The summed E-state index contributed by atoms with van der Waals surface area (Å²) in [4.78, 5) is 16.3. The zero-order chi connectivity index (χ0) is 19.7. The molecular formula is C24H22N2O2. The Hall–Kier alpha value is -3.40. The lowest BCUT2D eigenvalue weighted by molar-refractivity contribution is -0.138. The highest BCUT2D eigenvalue weighted by Gasteiger charge is 2.17. The minimum atomic E-state index is -0.787. The van der Waals surface area contributed by atoms with Gasteiger partial charge in [-0.25, -0.2) is 4.98 Å². The largest absolute Gasteiger partial charge is 0.481 e. The molecule has 0 aliphatic rings. The topological polar surface area (TPSA) is 62.2 Å². The van der Waals surface area contributed by atoms with Gasteiger partial charge in [-0.1, -0.05) is 55.5 Å². The normalized spacial score (nSPS) is 12.2. The molecule has 3 aromatic carbocycles. The predicted molar refractivity (Wildman–Crippen MR) is 114 cm³/mol. The molecule has 0 saturated carbocycles. The number of pyridine rings is 1. The van der Waals surface area contributed by atoms with E-state index >= 15 is 0 Å². The van der Waals surface area contributed by atoms with Gasteiger partial charge in [0.2, 0.25) is 0 Å². The first-order valence-electron chi connectivity index (χ1n) is 9.46. The first-order valence-corrected chi connectivity index (χ1v) is 9.46. The molecule has 2 N–H and O–H groups in total. The number of carbonyl (C=O) groups is 1. The lowest BCUT2D eigenvalue weighted by atomic mass is 9.96. The molecule has 0 spiro atoms. The number of anilines is 2. The third-order valence-corrected chi connectivity index (χ3v) is 5.20. The summed E-state index contributed by atoms with van der Waals surface area (Å²) in [6.45, 7) is 3.96. The quantitative estimate of drug-likeness (QED) is 0.422. The maximum Gasteiger partial charge on any atom is 0.310 e. The lowest BCUT2D eigenvalue weighted by Crippen LogP contribution is -2.10. The number of hydrogen-bond acceptors (Lipinski definition) is 3. The van der Waals surface area contributed by atoms with Crippen molar-refractivity contribution in [1.29, 1.82) is 0 Å². The van der Waals surface area contributed by atoms with E-state index in [0.717, 1.165) is 44.3 Å². The second kappa shape index (κ2) is 7.31. The van der Waals surface area contributed by atoms with Gasteiger partial charge in [0.1, 0.15) is 0 Å². The zero-order valence-corrected chi connectivity index (χ0v) is 15.9. The molecule has 1 unspecified atom stereocenters. The van der Waals surface area contributed by atoms with Crippen LogP contribution >= 0.6 is 0 Å². The number of benzene rings is 3. The average molecular weight is 370 g/mol. The summed E-state index contributed by atoms with van der Waals surface area (Å²) in [5.41, 5.74) is 5.82. The first-order chi connectivity index (χ1) is 13.6. The van der Waals surface area contributed by atoms with E-state index in [1.165, 1.54) is 0 Å². The van der Waals surface area contributed by atoms with Crippen LogP contribution < -0.4 is 5.32 Å². The number of carboxylic acid groups (broad SMARTS) is 1. The fourth-order valence-electron chi connectivity index (χ4n) is 3.69. The van der Waals surface area contributed by atoms with Crippen LogP contribution in [0.1, 0.15) is 30.4 Å². The molecule has 0 radical (unpaired) electrons. The van der Waals surface area contributed by atoms with Gasteiger partial charge in [-0.05, 0) is 42.7 Å². The Kier molecular flexibility index (Phi) is 4.70. The summed E-state index contributed by atoms with van der Waals surface area (Å²) in [7, 11) is 0. The lowest BCUT2D eigenvalue weighted by Gasteiger charge is -2.15. The molecule has 0 saturated heterocycles. The molecule has 0 fully saturated rings. The summed E-state index contributed by atoms with van der Waals surface area (Å²) in [5, 5.41) is 15.0. The number of aryl methyl sites for hydroxylation is 1. The molecule has 1 heterocycles. The Bertz CT molecular complexity index is 1170. The van der Waals surface area contributed by atoms with Crippen molar-refractivity contribution in [2.75, 3.05) is 5.32 Å². The van der Waals surface area contributed by atoms with Gasteiger partial charge in [0.15, 0.2) is 0 Å². The van der Waals surface area contributed by atoms with Crippen LogP contribution in [-0.2, 0) is 4.79 Å². The molecule has 140 valence electrons. The van der Waals surface area contributed by atoms with Gasteiger partial charge in [-0.2, -0.15) is 0 Å². The molecule has 4 rings (SSSR count). The number of nitrogens with one attached hydrogen (secondary N) is 1. The number of rotatable bonds is 5. The summed E-state index contributed by atoms with van der Waals surface area (Å²) in [6.07, 6.45) is 0.570. The van der Waals surface area contributed by atoms with Crippen LogP contribution in [0.3, 0.4) is 0 Å². The van der Waals surface area contributed by atoms with Crippen LogP contribution in [0.5, 0.6) is 0 Å². The number of carboxylic acids is 1. The van der Waals surface area contributed by atoms with Gasteiger partial charge in [-0.3, -0.25) is 4.79 Å². The van der Waals surface area contributed by atoms with Crippen LogP contribution in [-0.4, -0.2) is 16.1 Å². The highest BCUT2D eigenvalue weighted by Crippen LogP contribution is 2.34. The minimum Gasteiger partial charge on any atom is -0.481 e. The first kappa shape index (κ1) is 18.0. The predicted octanol–water partition coefficient (Wildman–Crippen LogP) is 6.02. The van der Waals surface area contributed by atoms with Gasteiger partial charge in [0.25, 0.3) is 0 Å². The Labute approximate surface area is 163 Å². The van der Waals surface area contributed by atoms with Gasteiger partial charge in [0, 0.05) is 16.5 Å². The van der Waals surface area contributed by atoms with E-state index < -0.39 is 11.9 Å². The number of hydrogen-bond donors (Lipinski definition) is 2. The van der Waals surface area contributed by atoms with Crippen LogP contribution in [0.25, 0.3) is 21.8 Å². The summed E-state index contributed by atoms with van der Waals surface area (Å²) < 4.78 is 0. The fraction of sp³-hybridized carbons (Fsp3) is 0.167. The number of nitrogens with zero attached hydrogens (tertiary/aromatic N) is 1. The van der Waals surface area contributed by atoms with E-state index in [4.69, 9.17) is 4.98 Å². The number of para-hydroxylation sites is 2. The maximum absolute atomic E-state index is 11.4. The van der Waals surface area contributed by atoms with Crippen molar-refractivity contribution in [3.8, 4) is 0 Å². The third kappa shape index (κ3) is 3.18. The number of aromatic nitrogens is 1. The van der Waals surface area contributed by atoms with Crippen LogP contribution in [0.4, 0.5) is 11.4 Å². The molecule has 0 amide bonds. The van der Waals surface area contributed by atoms with Crippen LogP contribution in [0, 0.1) is 6.92 Å². The van der Waals surface area contributed by atoms with E-state index in [0.29, 0.717) is 6.42 Å². The van der Waals surface area contributed by atoms with Crippen molar-refractivity contribution < 1.29 is 9.90 Å². The zero-order valence-electron chi connectivity index (χ0n) is 15.9. The van der Waals surface area contributed by atoms with E-state index in [1.54, 1.807) is 0 Å². The Morgan fingerprint density at radius 1 is 1.00 bits per heavy atom. The van der Waals surface area contributed by atoms with Crippen molar-refractivity contribution in [2.24, 2.45) is 0 Å². The molecule has 4 heteroatoms. The maximum atomic E-state index is 11.4. The van der Waals surface area contributed by atoms with Crippen molar-refractivity contribution >= 4 is 39.1 Å². The fourth-order valence-corrected chi connectivity index (χ4v) is 3.69. The second-order valence-electron chi connectivity index (χ2n) is 7.02. The van der Waals surface area contributed by atoms with Crippen molar-refractivity contribution in [1.82, 2.24) is 4.98 Å². The molecule has 0 aliphatic carbocycles.